The van der Waals surface area contributed by atoms with Crippen LogP contribution in [-0.2, 0) is 0 Å². The zero-order chi connectivity index (χ0) is 10.7. The quantitative estimate of drug-likeness (QED) is 0.795. The van der Waals surface area contributed by atoms with E-state index in [-0.39, 0.29) is 0 Å². The molecule has 0 amide bonds. The summed E-state index contributed by atoms with van der Waals surface area (Å²) in [5.74, 6) is 0. The minimum Gasteiger partial charge on any atom is -0.311 e. The number of thioether (sulfide) groups is 1. The number of likely N-dealkylation sites (tertiary alicyclic amines) is 1. The predicted octanol–water partition coefficient (Wildman–Crippen LogP) is 1.95. The third-order valence-corrected chi connectivity index (χ3v) is 5.00. The summed E-state index contributed by atoms with van der Waals surface area (Å²) in [7, 11) is 2.23. The van der Waals surface area contributed by atoms with E-state index in [1.807, 2.05) is 0 Å². The molecule has 0 aromatic carbocycles. The van der Waals surface area contributed by atoms with Gasteiger partial charge in [-0.3, -0.25) is 0 Å². The van der Waals surface area contributed by atoms with Crippen LogP contribution in [0.1, 0.15) is 32.1 Å². The fourth-order valence-electron chi connectivity index (χ4n) is 2.81. The molecule has 2 fully saturated rings. The van der Waals surface area contributed by atoms with Crippen molar-refractivity contribution in [2.75, 3.05) is 26.4 Å². The van der Waals surface area contributed by atoms with Gasteiger partial charge in [-0.1, -0.05) is 0 Å². The van der Waals surface area contributed by atoms with Crippen molar-refractivity contribution >= 4 is 11.8 Å². The van der Waals surface area contributed by atoms with Gasteiger partial charge >= 0.3 is 0 Å². The molecule has 2 nitrogen and oxygen atoms in total. The summed E-state index contributed by atoms with van der Waals surface area (Å²) in [6.45, 7) is 2.55. The molecule has 0 spiro atoms. The molecule has 1 aliphatic carbocycles. The normalized spacial score (nSPS) is 34.8. The Bertz CT molecular complexity index is 190. The molecule has 15 heavy (non-hydrogen) atoms. The standard InChI is InChI=1S/C12H24N2S/c1-14-7-5-10(6-8-14)13-11-3-4-12(9-11)15-2/h10-13H,3-9H2,1-2H3. The summed E-state index contributed by atoms with van der Waals surface area (Å²) in [5.41, 5.74) is 0. The zero-order valence-electron chi connectivity index (χ0n) is 10.0. The summed E-state index contributed by atoms with van der Waals surface area (Å²) < 4.78 is 0. The number of piperidine rings is 1. The molecule has 3 heteroatoms. The van der Waals surface area contributed by atoms with Gasteiger partial charge in [-0.2, -0.15) is 11.8 Å². The molecule has 0 aromatic heterocycles. The van der Waals surface area contributed by atoms with Crippen LogP contribution in [0.2, 0.25) is 0 Å². The average Bonchev–Trinajstić information content (AvgIpc) is 2.69. The van der Waals surface area contributed by atoms with Gasteiger partial charge < -0.3 is 10.2 Å². The Kier molecular flexibility index (Phi) is 4.35. The Morgan fingerprint density at radius 2 is 1.80 bits per heavy atom. The topological polar surface area (TPSA) is 15.3 Å². The highest BCUT2D eigenvalue weighted by Crippen LogP contribution is 2.28. The highest BCUT2D eigenvalue weighted by atomic mass is 32.2. The van der Waals surface area contributed by atoms with Gasteiger partial charge in [-0.25, -0.2) is 0 Å². The number of hydrogen-bond donors (Lipinski definition) is 1. The molecular weight excluding hydrogens is 204 g/mol. The van der Waals surface area contributed by atoms with Gasteiger partial charge in [-0.15, -0.1) is 0 Å². The molecule has 1 heterocycles. The lowest BCUT2D eigenvalue weighted by Gasteiger charge is -2.31. The van der Waals surface area contributed by atoms with Crippen LogP contribution in [-0.4, -0.2) is 48.6 Å². The monoisotopic (exact) mass is 228 g/mol. The van der Waals surface area contributed by atoms with E-state index in [0.29, 0.717) is 0 Å². The smallest absolute Gasteiger partial charge is 0.00940 e. The Morgan fingerprint density at radius 3 is 2.40 bits per heavy atom. The summed E-state index contributed by atoms with van der Waals surface area (Å²) in [6, 6.07) is 1.61. The molecule has 1 saturated heterocycles. The third kappa shape index (κ3) is 3.36. The summed E-state index contributed by atoms with van der Waals surface area (Å²) in [6.07, 6.45) is 9.16. The molecule has 0 radical (unpaired) electrons. The van der Waals surface area contributed by atoms with E-state index in [2.05, 4.69) is 35.3 Å². The fourth-order valence-corrected chi connectivity index (χ4v) is 3.61. The molecule has 2 atom stereocenters. The fraction of sp³-hybridized carbons (Fsp3) is 1.00. The van der Waals surface area contributed by atoms with Gasteiger partial charge in [0.2, 0.25) is 0 Å². The molecule has 0 aromatic rings. The van der Waals surface area contributed by atoms with Crippen LogP contribution in [0.5, 0.6) is 0 Å². The first-order chi connectivity index (χ1) is 7.28. The Labute approximate surface area is 98.2 Å². The molecular formula is C12H24N2S. The van der Waals surface area contributed by atoms with Crippen molar-refractivity contribution in [2.24, 2.45) is 0 Å². The van der Waals surface area contributed by atoms with Gasteiger partial charge in [0.1, 0.15) is 0 Å². The van der Waals surface area contributed by atoms with Crippen molar-refractivity contribution < 1.29 is 0 Å². The van der Waals surface area contributed by atoms with Crippen molar-refractivity contribution in [3.8, 4) is 0 Å². The van der Waals surface area contributed by atoms with E-state index in [4.69, 9.17) is 0 Å². The lowest BCUT2D eigenvalue weighted by Crippen LogP contribution is -2.44. The van der Waals surface area contributed by atoms with E-state index in [1.54, 1.807) is 0 Å². The Hall–Kier alpha value is 0.270. The highest BCUT2D eigenvalue weighted by Gasteiger charge is 2.26. The Balaban J connectivity index is 1.69. The van der Waals surface area contributed by atoms with Gasteiger partial charge in [0, 0.05) is 17.3 Å². The SMILES string of the molecule is CSC1CCC(NC2CCN(C)CC2)C1. The van der Waals surface area contributed by atoms with Crippen molar-refractivity contribution in [3.05, 3.63) is 0 Å². The maximum atomic E-state index is 3.86. The van der Waals surface area contributed by atoms with Crippen LogP contribution >= 0.6 is 11.8 Å². The number of nitrogens with zero attached hydrogens (tertiary/aromatic N) is 1. The summed E-state index contributed by atoms with van der Waals surface area (Å²) >= 11 is 2.05. The van der Waals surface area contributed by atoms with Gasteiger partial charge in [-0.05, 0) is 58.5 Å². The molecule has 2 unspecified atom stereocenters. The Morgan fingerprint density at radius 1 is 1.07 bits per heavy atom. The minimum atomic E-state index is 0.798. The molecule has 0 bridgehead atoms. The second-order valence-corrected chi connectivity index (χ2v) is 6.25. The van der Waals surface area contributed by atoms with E-state index < -0.39 is 0 Å². The van der Waals surface area contributed by atoms with Crippen LogP contribution in [0, 0.1) is 0 Å². The molecule has 88 valence electrons. The van der Waals surface area contributed by atoms with Crippen LogP contribution in [0.15, 0.2) is 0 Å². The molecule has 1 aliphatic heterocycles. The van der Waals surface area contributed by atoms with Gasteiger partial charge in [0.15, 0.2) is 0 Å². The molecule has 1 N–H and O–H groups in total. The first-order valence-corrected chi connectivity index (χ1v) is 7.54. The second kappa shape index (κ2) is 5.55. The maximum absolute atomic E-state index is 3.86. The van der Waals surface area contributed by atoms with Gasteiger partial charge in [0.25, 0.3) is 0 Å². The summed E-state index contributed by atoms with van der Waals surface area (Å²) in [5, 5.41) is 4.79. The van der Waals surface area contributed by atoms with Crippen molar-refractivity contribution in [2.45, 2.75) is 49.4 Å². The first-order valence-electron chi connectivity index (χ1n) is 6.25. The lowest BCUT2D eigenvalue weighted by atomic mass is 10.0. The third-order valence-electron chi connectivity index (χ3n) is 3.91. The number of hydrogen-bond acceptors (Lipinski definition) is 3. The zero-order valence-corrected chi connectivity index (χ0v) is 10.9. The predicted molar refractivity (Wildman–Crippen MR) is 68.6 cm³/mol. The first kappa shape index (κ1) is 11.7. The molecule has 2 aliphatic rings. The summed E-state index contributed by atoms with van der Waals surface area (Å²) in [4.78, 5) is 2.44. The maximum Gasteiger partial charge on any atom is 0.00940 e. The van der Waals surface area contributed by atoms with E-state index in [0.717, 1.165) is 17.3 Å². The second-order valence-electron chi connectivity index (χ2n) is 5.11. The van der Waals surface area contributed by atoms with Crippen molar-refractivity contribution in [1.82, 2.24) is 10.2 Å². The van der Waals surface area contributed by atoms with Gasteiger partial charge in [0.05, 0.1) is 0 Å². The lowest BCUT2D eigenvalue weighted by molar-refractivity contribution is 0.224. The van der Waals surface area contributed by atoms with Crippen LogP contribution < -0.4 is 5.32 Å². The van der Waals surface area contributed by atoms with E-state index >= 15 is 0 Å². The van der Waals surface area contributed by atoms with Crippen LogP contribution in [0.3, 0.4) is 0 Å². The van der Waals surface area contributed by atoms with Crippen molar-refractivity contribution in [1.29, 1.82) is 0 Å². The number of nitrogens with one attached hydrogen (secondary N) is 1. The van der Waals surface area contributed by atoms with Crippen LogP contribution in [0.4, 0.5) is 0 Å². The van der Waals surface area contributed by atoms with E-state index in [9.17, 15) is 0 Å². The van der Waals surface area contributed by atoms with E-state index in [1.165, 1.54) is 45.2 Å². The highest BCUT2D eigenvalue weighted by molar-refractivity contribution is 7.99. The van der Waals surface area contributed by atoms with Crippen LogP contribution in [0.25, 0.3) is 0 Å². The molecule has 1 saturated carbocycles. The van der Waals surface area contributed by atoms with Crippen molar-refractivity contribution in [3.63, 3.8) is 0 Å². The average molecular weight is 228 g/mol. The number of rotatable bonds is 3. The largest absolute Gasteiger partial charge is 0.311 e. The molecule has 2 rings (SSSR count). The minimum absolute atomic E-state index is 0.798.